The third-order valence-electron chi connectivity index (χ3n) is 3.01. The van der Waals surface area contributed by atoms with Crippen molar-refractivity contribution in [3.05, 3.63) is 0 Å². The van der Waals surface area contributed by atoms with Gasteiger partial charge in [-0.05, 0) is 25.2 Å². The Hall–Kier alpha value is -0.280. The van der Waals surface area contributed by atoms with Gasteiger partial charge in [0.1, 0.15) is 0 Å². The van der Waals surface area contributed by atoms with Crippen molar-refractivity contribution in [2.24, 2.45) is 5.92 Å². The molecule has 0 aromatic heterocycles. The molecule has 0 aromatic rings. The Balaban J connectivity index is 2.20. The van der Waals surface area contributed by atoms with E-state index >= 15 is 0 Å². The van der Waals surface area contributed by atoms with E-state index in [-0.39, 0.29) is 5.91 Å². The summed E-state index contributed by atoms with van der Waals surface area (Å²) in [6.45, 7) is 2.62. The maximum absolute atomic E-state index is 11.5. The average molecular weight is 234 g/mol. The molecule has 1 saturated heterocycles. The number of halogens is 1. The van der Waals surface area contributed by atoms with Crippen molar-refractivity contribution in [3.63, 3.8) is 0 Å². The van der Waals surface area contributed by atoms with Crippen molar-refractivity contribution >= 4 is 17.5 Å². The number of nitrogens with zero attached hydrogens (tertiary/aromatic N) is 1. The topological polar surface area (TPSA) is 29.5 Å². The number of hydrogen-bond donors (Lipinski definition) is 0. The van der Waals surface area contributed by atoms with Crippen LogP contribution in [-0.2, 0) is 9.53 Å². The van der Waals surface area contributed by atoms with Crippen LogP contribution in [0.2, 0.25) is 0 Å². The quantitative estimate of drug-likeness (QED) is 0.679. The van der Waals surface area contributed by atoms with Crippen molar-refractivity contribution in [2.45, 2.75) is 25.7 Å². The second-order valence-electron chi connectivity index (χ2n) is 4.04. The van der Waals surface area contributed by atoms with Gasteiger partial charge in [-0.15, -0.1) is 11.6 Å². The minimum atomic E-state index is 0.204. The molecule has 0 atom stereocenters. The van der Waals surface area contributed by atoms with Gasteiger partial charge in [0.05, 0.1) is 0 Å². The summed E-state index contributed by atoms with van der Waals surface area (Å²) in [7, 11) is 1.74. The molecule has 0 aliphatic carbocycles. The number of carbonyl (C=O) groups excluding carboxylic acids is 1. The number of piperidine rings is 1. The zero-order chi connectivity index (χ0) is 11.1. The van der Waals surface area contributed by atoms with Gasteiger partial charge in [0.25, 0.3) is 0 Å². The Morgan fingerprint density at radius 3 is 2.67 bits per heavy atom. The number of likely N-dealkylation sites (tertiary alicyclic amines) is 1. The third kappa shape index (κ3) is 4.39. The highest BCUT2D eigenvalue weighted by Gasteiger charge is 2.21. The fourth-order valence-electron chi connectivity index (χ4n) is 1.99. The van der Waals surface area contributed by atoms with Crippen molar-refractivity contribution < 1.29 is 9.53 Å². The van der Waals surface area contributed by atoms with Crippen molar-refractivity contribution in [1.82, 2.24) is 4.90 Å². The predicted octanol–water partition coefficient (Wildman–Crippen LogP) is 1.89. The Morgan fingerprint density at radius 2 is 2.13 bits per heavy atom. The molecule has 1 heterocycles. The van der Waals surface area contributed by atoms with Crippen LogP contribution in [-0.4, -0.2) is 43.5 Å². The first kappa shape index (κ1) is 12.8. The Bertz CT molecular complexity index is 191. The van der Waals surface area contributed by atoms with E-state index in [2.05, 4.69) is 0 Å². The normalized spacial score (nSPS) is 18.1. The summed E-state index contributed by atoms with van der Waals surface area (Å²) < 4.78 is 5.06. The molecular weight excluding hydrogens is 214 g/mol. The molecule has 1 aliphatic heterocycles. The summed E-state index contributed by atoms with van der Waals surface area (Å²) >= 11 is 5.55. The lowest BCUT2D eigenvalue weighted by molar-refractivity contribution is -0.132. The third-order valence-corrected chi connectivity index (χ3v) is 3.19. The molecule has 88 valence electrons. The van der Waals surface area contributed by atoms with E-state index in [9.17, 15) is 4.79 Å². The Kier molecular flexibility index (Phi) is 6.03. The number of rotatable bonds is 5. The van der Waals surface area contributed by atoms with Crippen LogP contribution < -0.4 is 0 Å². The molecule has 0 N–H and O–H groups in total. The molecule has 0 spiro atoms. The maximum atomic E-state index is 11.5. The smallest absolute Gasteiger partial charge is 0.223 e. The standard InChI is InChI=1S/C11H20ClNO2/c1-15-9-5-10-3-7-13(8-4-10)11(14)2-6-12/h10H,2-9H2,1H3. The van der Waals surface area contributed by atoms with Crippen LogP contribution in [0, 0.1) is 5.92 Å². The van der Waals surface area contributed by atoms with E-state index < -0.39 is 0 Å². The van der Waals surface area contributed by atoms with E-state index in [0.717, 1.165) is 44.9 Å². The van der Waals surface area contributed by atoms with Crippen molar-refractivity contribution in [2.75, 3.05) is 32.7 Å². The highest BCUT2D eigenvalue weighted by molar-refractivity contribution is 6.18. The van der Waals surface area contributed by atoms with Gasteiger partial charge >= 0.3 is 0 Å². The van der Waals surface area contributed by atoms with Gasteiger partial charge in [0, 0.05) is 39.1 Å². The summed E-state index contributed by atoms with van der Waals surface area (Å²) in [6.07, 6.45) is 3.81. The van der Waals surface area contributed by atoms with Crippen molar-refractivity contribution in [3.8, 4) is 0 Å². The molecule has 0 radical (unpaired) electrons. The highest BCUT2D eigenvalue weighted by Crippen LogP contribution is 2.20. The molecule has 0 unspecified atom stereocenters. The maximum Gasteiger partial charge on any atom is 0.223 e. The fraction of sp³-hybridized carbons (Fsp3) is 0.909. The molecule has 1 rings (SSSR count). The summed E-state index contributed by atoms with van der Waals surface area (Å²) in [5.74, 6) is 1.36. The summed E-state index contributed by atoms with van der Waals surface area (Å²) in [4.78, 5) is 13.5. The Labute approximate surface area is 96.7 Å². The van der Waals surface area contributed by atoms with Gasteiger partial charge in [-0.3, -0.25) is 4.79 Å². The van der Waals surface area contributed by atoms with E-state index in [1.165, 1.54) is 0 Å². The SMILES string of the molecule is COCCC1CCN(C(=O)CCCl)CC1. The number of alkyl halides is 1. The number of methoxy groups -OCH3 is 1. The largest absolute Gasteiger partial charge is 0.385 e. The van der Waals surface area contributed by atoms with Crippen LogP contribution in [0.1, 0.15) is 25.7 Å². The Morgan fingerprint density at radius 1 is 1.47 bits per heavy atom. The molecule has 15 heavy (non-hydrogen) atoms. The lowest BCUT2D eigenvalue weighted by Crippen LogP contribution is -2.38. The van der Waals surface area contributed by atoms with Gasteiger partial charge < -0.3 is 9.64 Å². The van der Waals surface area contributed by atoms with Gasteiger partial charge in [0.2, 0.25) is 5.91 Å². The lowest BCUT2D eigenvalue weighted by Gasteiger charge is -2.31. The minimum absolute atomic E-state index is 0.204. The van der Waals surface area contributed by atoms with Crippen molar-refractivity contribution in [1.29, 1.82) is 0 Å². The number of carbonyl (C=O) groups is 1. The van der Waals surface area contributed by atoms with E-state index in [4.69, 9.17) is 16.3 Å². The second kappa shape index (κ2) is 7.07. The van der Waals surface area contributed by atoms with E-state index in [1.54, 1.807) is 7.11 Å². The van der Waals surface area contributed by atoms with Crippen LogP contribution >= 0.6 is 11.6 Å². The van der Waals surface area contributed by atoms with Crippen LogP contribution in [0.25, 0.3) is 0 Å². The monoisotopic (exact) mass is 233 g/mol. The van der Waals surface area contributed by atoms with Crippen LogP contribution in [0.3, 0.4) is 0 Å². The second-order valence-corrected chi connectivity index (χ2v) is 4.42. The molecule has 1 amide bonds. The lowest BCUT2D eigenvalue weighted by atomic mass is 9.94. The fourth-order valence-corrected chi connectivity index (χ4v) is 2.16. The number of hydrogen-bond acceptors (Lipinski definition) is 2. The zero-order valence-corrected chi connectivity index (χ0v) is 10.1. The number of ether oxygens (including phenoxy) is 1. The first-order valence-corrected chi connectivity index (χ1v) is 6.14. The highest BCUT2D eigenvalue weighted by atomic mass is 35.5. The predicted molar refractivity (Wildman–Crippen MR) is 61.1 cm³/mol. The van der Waals surface area contributed by atoms with Gasteiger partial charge in [0.15, 0.2) is 0 Å². The molecule has 4 heteroatoms. The molecule has 0 bridgehead atoms. The summed E-state index contributed by atoms with van der Waals surface area (Å²) in [6, 6.07) is 0. The molecule has 0 saturated carbocycles. The van der Waals surface area contributed by atoms with Crippen LogP contribution in [0.4, 0.5) is 0 Å². The first-order chi connectivity index (χ1) is 7.27. The molecule has 0 aromatic carbocycles. The zero-order valence-electron chi connectivity index (χ0n) is 9.38. The molecule has 1 fully saturated rings. The minimum Gasteiger partial charge on any atom is -0.385 e. The van der Waals surface area contributed by atoms with E-state index in [0.29, 0.717) is 12.3 Å². The summed E-state index contributed by atoms with van der Waals surface area (Å²) in [5.41, 5.74) is 0. The van der Waals surface area contributed by atoms with Crippen LogP contribution in [0.15, 0.2) is 0 Å². The first-order valence-electron chi connectivity index (χ1n) is 5.60. The van der Waals surface area contributed by atoms with Gasteiger partial charge in [-0.2, -0.15) is 0 Å². The van der Waals surface area contributed by atoms with E-state index in [1.807, 2.05) is 4.90 Å². The molecular formula is C11H20ClNO2. The summed E-state index contributed by atoms with van der Waals surface area (Å²) in [5, 5.41) is 0. The van der Waals surface area contributed by atoms with Gasteiger partial charge in [-0.1, -0.05) is 0 Å². The molecule has 1 aliphatic rings. The number of amides is 1. The van der Waals surface area contributed by atoms with Crippen LogP contribution in [0.5, 0.6) is 0 Å². The van der Waals surface area contributed by atoms with Gasteiger partial charge in [-0.25, -0.2) is 0 Å². The molecule has 3 nitrogen and oxygen atoms in total. The average Bonchev–Trinajstić information content (AvgIpc) is 2.27.